The molecule has 1 heterocycles. The van der Waals surface area contributed by atoms with E-state index in [-0.39, 0.29) is 11.5 Å². The van der Waals surface area contributed by atoms with Gasteiger partial charge in [-0.2, -0.15) is 0 Å². The molecule has 0 spiro atoms. The van der Waals surface area contributed by atoms with Crippen molar-refractivity contribution in [1.82, 2.24) is 9.55 Å². The van der Waals surface area contributed by atoms with Crippen molar-refractivity contribution in [3.8, 4) is 0 Å². The summed E-state index contributed by atoms with van der Waals surface area (Å²) in [6.07, 6.45) is 5.12. The van der Waals surface area contributed by atoms with E-state index in [9.17, 15) is 14.5 Å². The summed E-state index contributed by atoms with van der Waals surface area (Å²) in [4.78, 5) is 14.9. The molecule has 6 nitrogen and oxygen atoms in total. The lowest BCUT2D eigenvalue weighted by atomic mass is 10.1. The number of nitro benzene ring substituents is 1. The summed E-state index contributed by atoms with van der Waals surface area (Å²) < 4.78 is 14.7. The van der Waals surface area contributed by atoms with E-state index in [4.69, 9.17) is 0 Å². The molecule has 7 heteroatoms. The van der Waals surface area contributed by atoms with Crippen LogP contribution in [0.2, 0.25) is 0 Å². The van der Waals surface area contributed by atoms with Crippen LogP contribution in [0.1, 0.15) is 11.1 Å². The van der Waals surface area contributed by atoms with Gasteiger partial charge in [0.2, 0.25) is 0 Å². The van der Waals surface area contributed by atoms with Crippen molar-refractivity contribution >= 4 is 11.4 Å². The van der Waals surface area contributed by atoms with Crippen LogP contribution in [-0.4, -0.2) is 14.5 Å². The Kier molecular flexibility index (Phi) is 4.51. The van der Waals surface area contributed by atoms with Gasteiger partial charge in [0.15, 0.2) is 0 Å². The SMILES string of the molecule is O=[N+]([O-])c1cc(Cn2ccnc2)ccc1NCc1ccc(F)cc1. The average molecular weight is 326 g/mol. The summed E-state index contributed by atoms with van der Waals surface area (Å²) in [7, 11) is 0. The minimum atomic E-state index is -0.412. The molecule has 122 valence electrons. The molecular weight excluding hydrogens is 311 g/mol. The zero-order valence-electron chi connectivity index (χ0n) is 12.7. The second-order valence-corrected chi connectivity index (χ2v) is 5.32. The van der Waals surface area contributed by atoms with Gasteiger partial charge in [-0.05, 0) is 29.3 Å². The van der Waals surface area contributed by atoms with Gasteiger partial charge in [-0.1, -0.05) is 18.2 Å². The average Bonchev–Trinajstić information content (AvgIpc) is 3.08. The first-order valence-electron chi connectivity index (χ1n) is 7.33. The van der Waals surface area contributed by atoms with Crippen molar-refractivity contribution in [2.24, 2.45) is 0 Å². The molecule has 0 saturated carbocycles. The fourth-order valence-corrected chi connectivity index (χ4v) is 2.37. The fraction of sp³-hybridized carbons (Fsp3) is 0.118. The molecule has 0 saturated heterocycles. The van der Waals surface area contributed by atoms with E-state index < -0.39 is 4.92 Å². The summed E-state index contributed by atoms with van der Waals surface area (Å²) >= 11 is 0. The van der Waals surface area contributed by atoms with Crippen LogP contribution >= 0.6 is 0 Å². The molecular formula is C17H15FN4O2. The molecule has 1 N–H and O–H groups in total. The predicted octanol–water partition coefficient (Wildman–Crippen LogP) is 3.59. The van der Waals surface area contributed by atoms with Gasteiger partial charge in [0, 0.05) is 31.5 Å². The topological polar surface area (TPSA) is 73.0 Å². The van der Waals surface area contributed by atoms with Crippen LogP contribution in [0.25, 0.3) is 0 Å². The molecule has 3 aromatic rings. The van der Waals surface area contributed by atoms with Crippen molar-refractivity contribution in [3.63, 3.8) is 0 Å². The van der Waals surface area contributed by atoms with Crippen molar-refractivity contribution in [2.75, 3.05) is 5.32 Å². The van der Waals surface area contributed by atoms with Crippen molar-refractivity contribution in [3.05, 3.63) is 88.2 Å². The van der Waals surface area contributed by atoms with Gasteiger partial charge in [0.1, 0.15) is 11.5 Å². The van der Waals surface area contributed by atoms with Crippen LogP contribution in [0.4, 0.5) is 15.8 Å². The number of nitro groups is 1. The van der Waals surface area contributed by atoms with Gasteiger partial charge >= 0.3 is 0 Å². The highest BCUT2D eigenvalue weighted by molar-refractivity contribution is 5.62. The third-order valence-electron chi connectivity index (χ3n) is 3.58. The molecule has 0 unspecified atom stereocenters. The second-order valence-electron chi connectivity index (χ2n) is 5.32. The molecule has 0 aliphatic rings. The number of imidazole rings is 1. The number of halogens is 1. The highest BCUT2D eigenvalue weighted by atomic mass is 19.1. The Hall–Kier alpha value is -3.22. The summed E-state index contributed by atoms with van der Waals surface area (Å²) in [5, 5.41) is 14.4. The monoisotopic (exact) mass is 326 g/mol. The largest absolute Gasteiger partial charge is 0.375 e. The van der Waals surface area contributed by atoms with E-state index in [0.29, 0.717) is 18.8 Å². The Bertz CT molecular complexity index is 832. The number of hydrogen-bond donors (Lipinski definition) is 1. The van der Waals surface area contributed by atoms with Crippen LogP contribution in [0, 0.1) is 15.9 Å². The summed E-state index contributed by atoms with van der Waals surface area (Å²) in [5.41, 5.74) is 2.09. The fourth-order valence-electron chi connectivity index (χ4n) is 2.37. The molecule has 0 radical (unpaired) electrons. The maximum Gasteiger partial charge on any atom is 0.292 e. The van der Waals surface area contributed by atoms with Crippen LogP contribution < -0.4 is 5.32 Å². The number of aromatic nitrogens is 2. The van der Waals surface area contributed by atoms with E-state index in [1.165, 1.54) is 12.1 Å². The molecule has 1 aromatic heterocycles. The smallest absolute Gasteiger partial charge is 0.292 e. The van der Waals surface area contributed by atoms with Gasteiger partial charge in [-0.25, -0.2) is 9.37 Å². The Morgan fingerprint density at radius 3 is 2.58 bits per heavy atom. The standard InChI is InChI=1S/C17H15FN4O2/c18-15-4-1-13(2-5-15)10-20-16-6-3-14(9-17(16)22(23)24)11-21-8-7-19-12-21/h1-9,12,20H,10-11H2. The Morgan fingerprint density at radius 1 is 1.17 bits per heavy atom. The number of nitrogens with one attached hydrogen (secondary N) is 1. The first kappa shape index (κ1) is 15.7. The van der Waals surface area contributed by atoms with Crippen molar-refractivity contribution < 1.29 is 9.31 Å². The van der Waals surface area contributed by atoms with Gasteiger partial charge < -0.3 is 9.88 Å². The Labute approximate surface area is 137 Å². The zero-order valence-corrected chi connectivity index (χ0v) is 12.7. The molecule has 3 rings (SSSR count). The second kappa shape index (κ2) is 6.91. The van der Waals surface area contributed by atoms with Crippen molar-refractivity contribution in [2.45, 2.75) is 13.1 Å². The van der Waals surface area contributed by atoms with Crippen LogP contribution in [0.3, 0.4) is 0 Å². The molecule has 0 aliphatic carbocycles. The normalized spacial score (nSPS) is 10.5. The lowest BCUT2D eigenvalue weighted by Gasteiger charge is -2.09. The highest BCUT2D eigenvalue weighted by Crippen LogP contribution is 2.26. The highest BCUT2D eigenvalue weighted by Gasteiger charge is 2.14. The van der Waals surface area contributed by atoms with E-state index in [1.54, 1.807) is 43.0 Å². The molecule has 2 aromatic carbocycles. The van der Waals surface area contributed by atoms with E-state index in [0.717, 1.165) is 11.1 Å². The van der Waals surface area contributed by atoms with E-state index >= 15 is 0 Å². The number of benzene rings is 2. The third-order valence-corrected chi connectivity index (χ3v) is 3.58. The number of rotatable bonds is 6. The van der Waals surface area contributed by atoms with Gasteiger partial charge in [-0.15, -0.1) is 0 Å². The summed E-state index contributed by atoms with van der Waals surface area (Å²) in [5.74, 6) is -0.311. The van der Waals surface area contributed by atoms with E-state index in [2.05, 4.69) is 10.3 Å². The summed E-state index contributed by atoms with van der Waals surface area (Å²) in [6.45, 7) is 0.890. The number of nitrogens with zero attached hydrogens (tertiary/aromatic N) is 3. The predicted molar refractivity (Wildman–Crippen MR) is 88.2 cm³/mol. The molecule has 0 amide bonds. The summed E-state index contributed by atoms with van der Waals surface area (Å²) in [6, 6.07) is 11.1. The number of hydrogen-bond acceptors (Lipinski definition) is 4. The van der Waals surface area contributed by atoms with Crippen LogP contribution in [0.15, 0.2) is 61.2 Å². The Morgan fingerprint density at radius 2 is 1.92 bits per heavy atom. The van der Waals surface area contributed by atoms with E-state index in [1.807, 2.05) is 10.6 Å². The minimum absolute atomic E-state index is 0.00901. The zero-order chi connectivity index (χ0) is 16.9. The van der Waals surface area contributed by atoms with Crippen molar-refractivity contribution in [1.29, 1.82) is 0 Å². The van der Waals surface area contributed by atoms with Crippen LogP contribution in [-0.2, 0) is 13.1 Å². The maximum absolute atomic E-state index is 12.9. The maximum atomic E-state index is 12.9. The first-order chi connectivity index (χ1) is 11.6. The molecule has 24 heavy (non-hydrogen) atoms. The minimum Gasteiger partial charge on any atom is -0.375 e. The Balaban J connectivity index is 1.76. The van der Waals surface area contributed by atoms with Gasteiger partial charge in [-0.3, -0.25) is 10.1 Å². The molecule has 0 aliphatic heterocycles. The number of anilines is 1. The first-order valence-corrected chi connectivity index (χ1v) is 7.33. The molecule has 0 fully saturated rings. The van der Waals surface area contributed by atoms with Crippen LogP contribution in [0.5, 0.6) is 0 Å². The lowest BCUT2D eigenvalue weighted by molar-refractivity contribution is -0.384. The third kappa shape index (κ3) is 3.75. The van der Waals surface area contributed by atoms with Gasteiger partial charge in [0.05, 0.1) is 11.3 Å². The lowest BCUT2D eigenvalue weighted by Crippen LogP contribution is -2.04. The molecule has 0 atom stereocenters. The van der Waals surface area contributed by atoms with Gasteiger partial charge in [0.25, 0.3) is 5.69 Å². The quantitative estimate of drug-likeness (QED) is 0.555. The molecule has 0 bridgehead atoms.